The molecular weight excluding hydrogens is 372 g/mol. The Morgan fingerprint density at radius 1 is 1.14 bits per heavy atom. The lowest BCUT2D eigenvalue weighted by Gasteiger charge is -2.34. The van der Waals surface area contributed by atoms with Crippen LogP contribution in [0.1, 0.15) is 27.4 Å². The van der Waals surface area contributed by atoms with Crippen molar-refractivity contribution in [2.45, 2.75) is 20.0 Å². The van der Waals surface area contributed by atoms with Crippen molar-refractivity contribution in [2.24, 2.45) is 0 Å². The zero-order chi connectivity index (χ0) is 20.2. The van der Waals surface area contributed by atoms with Crippen LogP contribution in [-0.4, -0.2) is 83.4 Å². The number of carbonyl (C=O) groups excluding carboxylic acids is 1. The first kappa shape index (κ1) is 19.9. The van der Waals surface area contributed by atoms with Crippen LogP contribution in [0.5, 0.6) is 5.75 Å². The Morgan fingerprint density at radius 3 is 2.66 bits per heavy atom. The molecule has 1 saturated heterocycles. The van der Waals surface area contributed by atoms with E-state index in [1.54, 1.807) is 17.9 Å². The Bertz CT molecular complexity index is 845. The highest BCUT2D eigenvalue weighted by atomic mass is 16.5. The number of hydrogen-bond acceptors (Lipinski definition) is 7. The highest BCUT2D eigenvalue weighted by Crippen LogP contribution is 2.26. The number of hydrogen-bond donors (Lipinski definition) is 1. The minimum absolute atomic E-state index is 0.135. The lowest BCUT2D eigenvalue weighted by atomic mass is 10.1. The molecule has 29 heavy (non-hydrogen) atoms. The topological polar surface area (TPSA) is 82.3 Å². The van der Waals surface area contributed by atoms with Gasteiger partial charge in [-0.25, -0.2) is 0 Å². The third-order valence-corrected chi connectivity index (χ3v) is 5.53. The molecule has 1 aromatic heterocycles. The van der Waals surface area contributed by atoms with Gasteiger partial charge in [0, 0.05) is 57.4 Å². The van der Waals surface area contributed by atoms with Crippen molar-refractivity contribution in [2.75, 3.05) is 52.5 Å². The zero-order valence-corrected chi connectivity index (χ0v) is 16.8. The Labute approximate surface area is 170 Å². The standard InChI is InChI=1S/C21H28N4O4/c1-16-12-19(22-29-16)21(27)25-9-11-28-20-3-2-17(13-18(20)15-25)14-24-6-4-23(5-7-24)8-10-26/h2-3,12-13,26H,4-11,14-15H2,1H3. The monoisotopic (exact) mass is 400 g/mol. The van der Waals surface area contributed by atoms with E-state index < -0.39 is 0 Å². The van der Waals surface area contributed by atoms with E-state index in [0.29, 0.717) is 31.2 Å². The van der Waals surface area contributed by atoms with Gasteiger partial charge in [-0.1, -0.05) is 11.2 Å². The van der Waals surface area contributed by atoms with Crippen molar-refractivity contribution in [3.63, 3.8) is 0 Å². The number of nitrogens with zero attached hydrogens (tertiary/aromatic N) is 4. The van der Waals surface area contributed by atoms with E-state index in [9.17, 15) is 4.79 Å². The molecule has 0 radical (unpaired) electrons. The summed E-state index contributed by atoms with van der Waals surface area (Å²) in [6, 6.07) is 7.94. The highest BCUT2D eigenvalue weighted by molar-refractivity contribution is 5.92. The maximum absolute atomic E-state index is 12.8. The number of carbonyl (C=O) groups is 1. The Hall–Kier alpha value is -2.42. The lowest BCUT2D eigenvalue weighted by molar-refractivity contribution is 0.0722. The molecule has 2 aliphatic heterocycles. The van der Waals surface area contributed by atoms with Gasteiger partial charge in [0.2, 0.25) is 0 Å². The molecule has 0 bridgehead atoms. The van der Waals surface area contributed by atoms with Crippen LogP contribution in [0.2, 0.25) is 0 Å². The number of rotatable bonds is 5. The molecule has 0 aliphatic carbocycles. The van der Waals surface area contributed by atoms with Crippen LogP contribution >= 0.6 is 0 Å². The Balaban J connectivity index is 1.42. The normalized spacial score (nSPS) is 18.2. The Morgan fingerprint density at radius 2 is 1.93 bits per heavy atom. The smallest absolute Gasteiger partial charge is 0.276 e. The van der Waals surface area contributed by atoms with Crippen molar-refractivity contribution in [1.29, 1.82) is 0 Å². The van der Waals surface area contributed by atoms with E-state index in [0.717, 1.165) is 50.6 Å². The van der Waals surface area contributed by atoms with Gasteiger partial charge in [0.25, 0.3) is 5.91 Å². The van der Waals surface area contributed by atoms with Gasteiger partial charge in [-0.2, -0.15) is 0 Å². The first-order valence-electron chi connectivity index (χ1n) is 10.1. The summed E-state index contributed by atoms with van der Waals surface area (Å²) in [4.78, 5) is 19.3. The minimum Gasteiger partial charge on any atom is -0.491 e. The predicted octanol–water partition coefficient (Wildman–Crippen LogP) is 1.13. The van der Waals surface area contributed by atoms with Gasteiger partial charge >= 0.3 is 0 Å². The molecule has 3 heterocycles. The van der Waals surface area contributed by atoms with Crippen LogP contribution in [0.25, 0.3) is 0 Å². The quantitative estimate of drug-likeness (QED) is 0.806. The van der Waals surface area contributed by atoms with Crippen LogP contribution in [0.15, 0.2) is 28.8 Å². The number of ether oxygens (including phenoxy) is 1. The lowest BCUT2D eigenvalue weighted by Crippen LogP contribution is -2.46. The molecule has 1 amide bonds. The molecule has 0 unspecified atom stereocenters. The van der Waals surface area contributed by atoms with Crippen LogP contribution in [0, 0.1) is 6.92 Å². The van der Waals surface area contributed by atoms with Crippen molar-refractivity contribution in [3.05, 3.63) is 46.8 Å². The van der Waals surface area contributed by atoms with Gasteiger partial charge in [-0.15, -0.1) is 0 Å². The molecule has 1 N–H and O–H groups in total. The molecular formula is C21H28N4O4. The molecule has 156 valence electrons. The average molecular weight is 400 g/mol. The van der Waals surface area contributed by atoms with Gasteiger partial charge < -0.3 is 19.3 Å². The number of benzene rings is 1. The van der Waals surface area contributed by atoms with Crippen LogP contribution in [0.4, 0.5) is 0 Å². The summed E-state index contributed by atoms with van der Waals surface area (Å²) in [5, 5.41) is 12.9. The summed E-state index contributed by atoms with van der Waals surface area (Å²) in [7, 11) is 0. The van der Waals surface area contributed by atoms with Crippen molar-refractivity contribution in [3.8, 4) is 5.75 Å². The average Bonchev–Trinajstić information content (AvgIpc) is 3.04. The molecule has 8 heteroatoms. The summed E-state index contributed by atoms with van der Waals surface area (Å²) in [6.07, 6.45) is 0. The molecule has 0 spiro atoms. The fourth-order valence-electron chi connectivity index (χ4n) is 3.92. The second-order valence-corrected chi connectivity index (χ2v) is 7.68. The maximum atomic E-state index is 12.8. The van der Waals surface area contributed by atoms with Crippen LogP contribution < -0.4 is 4.74 Å². The second-order valence-electron chi connectivity index (χ2n) is 7.68. The molecule has 1 fully saturated rings. The van der Waals surface area contributed by atoms with Crippen LogP contribution in [0.3, 0.4) is 0 Å². The summed E-state index contributed by atoms with van der Waals surface area (Å²) >= 11 is 0. The molecule has 4 rings (SSSR count). The summed E-state index contributed by atoms with van der Waals surface area (Å²) in [5.74, 6) is 1.33. The first-order chi connectivity index (χ1) is 14.1. The van der Waals surface area contributed by atoms with Crippen molar-refractivity contribution >= 4 is 5.91 Å². The number of aryl methyl sites for hydroxylation is 1. The largest absolute Gasteiger partial charge is 0.491 e. The third-order valence-electron chi connectivity index (χ3n) is 5.53. The van der Waals surface area contributed by atoms with E-state index in [2.05, 4.69) is 27.1 Å². The number of fused-ring (bicyclic) bond motifs is 1. The van der Waals surface area contributed by atoms with E-state index in [4.69, 9.17) is 14.4 Å². The van der Waals surface area contributed by atoms with E-state index in [1.807, 2.05) is 6.07 Å². The number of aliphatic hydroxyl groups is 1. The number of aliphatic hydroxyl groups excluding tert-OH is 1. The molecule has 0 saturated carbocycles. The van der Waals surface area contributed by atoms with Gasteiger partial charge in [-0.3, -0.25) is 14.6 Å². The molecule has 2 aromatic rings. The Kier molecular flexibility index (Phi) is 6.13. The molecule has 0 atom stereocenters. The summed E-state index contributed by atoms with van der Waals surface area (Å²) in [6.45, 7) is 9.03. The SMILES string of the molecule is Cc1cc(C(=O)N2CCOc3ccc(CN4CCN(CCO)CC4)cc3C2)no1. The van der Waals surface area contributed by atoms with Gasteiger partial charge in [0.1, 0.15) is 18.1 Å². The second kappa shape index (κ2) is 8.94. The number of piperazine rings is 1. The summed E-state index contributed by atoms with van der Waals surface area (Å²) < 4.78 is 10.9. The summed E-state index contributed by atoms with van der Waals surface area (Å²) in [5.41, 5.74) is 2.57. The maximum Gasteiger partial charge on any atom is 0.276 e. The fourth-order valence-corrected chi connectivity index (χ4v) is 3.92. The van der Waals surface area contributed by atoms with Crippen molar-refractivity contribution < 1.29 is 19.2 Å². The number of β-amino-alcohol motifs (C(OH)–C–C–N with tert-alkyl or cyclic N) is 1. The number of amides is 1. The van der Waals surface area contributed by atoms with Gasteiger partial charge in [0.05, 0.1) is 13.2 Å². The van der Waals surface area contributed by atoms with E-state index in [1.165, 1.54) is 5.56 Å². The van der Waals surface area contributed by atoms with E-state index in [-0.39, 0.29) is 12.5 Å². The predicted molar refractivity (Wildman–Crippen MR) is 107 cm³/mol. The highest BCUT2D eigenvalue weighted by Gasteiger charge is 2.24. The zero-order valence-electron chi connectivity index (χ0n) is 16.8. The minimum atomic E-state index is -0.135. The molecule has 1 aromatic carbocycles. The molecule has 8 nitrogen and oxygen atoms in total. The van der Waals surface area contributed by atoms with Gasteiger partial charge in [-0.05, 0) is 24.6 Å². The van der Waals surface area contributed by atoms with Gasteiger partial charge in [0.15, 0.2) is 5.69 Å². The molecule has 2 aliphatic rings. The fraction of sp³-hybridized carbons (Fsp3) is 0.524. The first-order valence-corrected chi connectivity index (χ1v) is 10.1. The third kappa shape index (κ3) is 4.77. The van der Waals surface area contributed by atoms with Crippen molar-refractivity contribution in [1.82, 2.24) is 19.9 Å². The number of aromatic nitrogens is 1. The van der Waals surface area contributed by atoms with Crippen LogP contribution in [-0.2, 0) is 13.1 Å². The van der Waals surface area contributed by atoms with E-state index >= 15 is 0 Å².